The zero-order valence-electron chi connectivity index (χ0n) is 12.4. The Morgan fingerprint density at radius 1 is 1.11 bits per heavy atom. The molecule has 1 saturated heterocycles. The van der Waals surface area contributed by atoms with Crippen LogP contribution in [0.4, 0.5) is 0 Å². The Morgan fingerprint density at radius 2 is 1.67 bits per heavy atom. The summed E-state index contributed by atoms with van der Waals surface area (Å²) in [5, 5.41) is 0. The fourth-order valence-electron chi connectivity index (χ4n) is 3.02. The van der Waals surface area contributed by atoms with E-state index in [0.717, 1.165) is 45.7 Å². The normalized spacial score (nSPS) is 23.6. The van der Waals surface area contributed by atoms with Gasteiger partial charge in [0.1, 0.15) is 0 Å². The molecule has 18 heavy (non-hydrogen) atoms. The molecule has 0 N–H and O–H groups in total. The van der Waals surface area contributed by atoms with Crippen molar-refractivity contribution in [3.05, 3.63) is 12.2 Å². The van der Waals surface area contributed by atoms with Crippen LogP contribution in [0.3, 0.4) is 0 Å². The molecule has 0 saturated carbocycles. The van der Waals surface area contributed by atoms with E-state index in [-0.39, 0.29) is 5.54 Å². The number of hydrogen-bond acceptors (Lipinski definition) is 3. The second-order valence-corrected chi connectivity index (χ2v) is 5.26. The molecule has 0 spiro atoms. The third kappa shape index (κ3) is 3.81. The first-order chi connectivity index (χ1) is 8.67. The Morgan fingerprint density at radius 3 is 2.06 bits per heavy atom. The molecule has 3 nitrogen and oxygen atoms in total. The first kappa shape index (κ1) is 15.7. The van der Waals surface area contributed by atoms with E-state index >= 15 is 0 Å². The minimum Gasteiger partial charge on any atom is -0.379 e. The lowest BCUT2D eigenvalue weighted by atomic mass is 9.76. The molecule has 0 aliphatic carbocycles. The van der Waals surface area contributed by atoms with Crippen molar-refractivity contribution in [2.24, 2.45) is 5.92 Å². The number of hydrogen-bond donors (Lipinski definition) is 0. The second-order valence-electron chi connectivity index (χ2n) is 5.26. The zero-order chi connectivity index (χ0) is 13.4. The van der Waals surface area contributed by atoms with Gasteiger partial charge in [0.2, 0.25) is 0 Å². The third-order valence-electron chi connectivity index (χ3n) is 4.18. The quantitative estimate of drug-likeness (QED) is 0.721. The molecule has 0 aromatic heterocycles. The summed E-state index contributed by atoms with van der Waals surface area (Å²) in [4.78, 5) is 2.37. The van der Waals surface area contributed by atoms with Gasteiger partial charge in [-0.25, -0.2) is 0 Å². The number of ether oxygens (including phenoxy) is 2. The van der Waals surface area contributed by atoms with Gasteiger partial charge in [-0.05, 0) is 46.2 Å². The molecule has 1 fully saturated rings. The lowest BCUT2D eigenvalue weighted by molar-refractivity contribution is 0.0390. The van der Waals surface area contributed by atoms with Gasteiger partial charge in [-0.2, -0.15) is 0 Å². The Labute approximate surface area is 112 Å². The SMILES string of the molecule is C/C=C\C(CC)C1(N(C)C)CCOCCOCC1. The Bertz CT molecular complexity index is 241. The van der Waals surface area contributed by atoms with Crippen LogP contribution in [0, 0.1) is 5.92 Å². The molecular weight excluding hydrogens is 226 g/mol. The van der Waals surface area contributed by atoms with Crippen LogP contribution in [0.15, 0.2) is 12.2 Å². The monoisotopic (exact) mass is 255 g/mol. The van der Waals surface area contributed by atoms with Gasteiger partial charge in [0.15, 0.2) is 0 Å². The molecule has 0 aromatic carbocycles. The molecule has 1 atom stereocenters. The average molecular weight is 255 g/mol. The first-order valence-corrected chi connectivity index (χ1v) is 7.13. The maximum atomic E-state index is 5.66. The van der Waals surface area contributed by atoms with E-state index in [4.69, 9.17) is 9.47 Å². The van der Waals surface area contributed by atoms with Crippen molar-refractivity contribution in [1.29, 1.82) is 0 Å². The van der Waals surface area contributed by atoms with Crippen LogP contribution in [0.5, 0.6) is 0 Å². The topological polar surface area (TPSA) is 21.7 Å². The summed E-state index contributed by atoms with van der Waals surface area (Å²) in [7, 11) is 4.37. The maximum Gasteiger partial charge on any atom is 0.0700 e. The van der Waals surface area contributed by atoms with Crippen LogP contribution in [0.1, 0.15) is 33.1 Å². The number of allylic oxidation sites excluding steroid dienone is 1. The van der Waals surface area contributed by atoms with Crippen LogP contribution in [0.25, 0.3) is 0 Å². The Balaban J connectivity index is 2.92. The number of rotatable bonds is 4. The molecule has 0 amide bonds. The van der Waals surface area contributed by atoms with Crippen LogP contribution < -0.4 is 0 Å². The highest BCUT2D eigenvalue weighted by Gasteiger charge is 2.38. The molecule has 1 aliphatic rings. The molecule has 106 valence electrons. The van der Waals surface area contributed by atoms with Gasteiger partial charge in [0.25, 0.3) is 0 Å². The fraction of sp³-hybridized carbons (Fsp3) is 0.867. The maximum absolute atomic E-state index is 5.66. The highest BCUT2D eigenvalue weighted by molar-refractivity contribution is 5.03. The van der Waals surface area contributed by atoms with Crippen molar-refractivity contribution in [2.45, 2.75) is 38.6 Å². The van der Waals surface area contributed by atoms with Crippen molar-refractivity contribution in [3.8, 4) is 0 Å². The standard InChI is InChI=1S/C15H29NO2/c1-5-7-14(6-2)15(16(3)4)8-10-17-12-13-18-11-9-15/h5,7,14H,6,8-13H2,1-4H3/b7-5-. The third-order valence-corrected chi connectivity index (χ3v) is 4.18. The average Bonchev–Trinajstić information content (AvgIpc) is 2.48. The van der Waals surface area contributed by atoms with Crippen LogP contribution in [0.2, 0.25) is 0 Å². The predicted octanol–water partition coefficient (Wildman–Crippen LogP) is 2.72. The lowest BCUT2D eigenvalue weighted by Crippen LogP contribution is -2.51. The minimum absolute atomic E-state index is 0.158. The van der Waals surface area contributed by atoms with E-state index in [0.29, 0.717) is 5.92 Å². The minimum atomic E-state index is 0.158. The van der Waals surface area contributed by atoms with E-state index < -0.39 is 0 Å². The Hall–Kier alpha value is -0.380. The summed E-state index contributed by atoms with van der Waals surface area (Å²) in [5.41, 5.74) is 0.158. The predicted molar refractivity (Wildman–Crippen MR) is 75.9 cm³/mol. The van der Waals surface area contributed by atoms with Crippen molar-refractivity contribution >= 4 is 0 Å². The van der Waals surface area contributed by atoms with E-state index in [9.17, 15) is 0 Å². The Kier molecular flexibility index (Phi) is 6.90. The van der Waals surface area contributed by atoms with Gasteiger partial charge in [-0.1, -0.05) is 19.1 Å². The molecule has 3 heteroatoms. The van der Waals surface area contributed by atoms with Gasteiger partial charge in [-0.3, -0.25) is 0 Å². The van der Waals surface area contributed by atoms with Crippen molar-refractivity contribution in [3.63, 3.8) is 0 Å². The van der Waals surface area contributed by atoms with E-state index in [1.807, 2.05) is 0 Å². The van der Waals surface area contributed by atoms with E-state index in [2.05, 4.69) is 45.0 Å². The van der Waals surface area contributed by atoms with Crippen LogP contribution in [-0.2, 0) is 9.47 Å². The molecule has 1 unspecified atom stereocenters. The summed E-state index contributed by atoms with van der Waals surface area (Å²) < 4.78 is 11.3. The van der Waals surface area contributed by atoms with Crippen molar-refractivity contribution in [1.82, 2.24) is 4.90 Å². The summed E-state index contributed by atoms with van der Waals surface area (Å²) in [6.45, 7) is 7.48. The first-order valence-electron chi connectivity index (χ1n) is 7.13. The van der Waals surface area contributed by atoms with Crippen molar-refractivity contribution < 1.29 is 9.47 Å². The smallest absolute Gasteiger partial charge is 0.0700 e. The largest absolute Gasteiger partial charge is 0.379 e. The lowest BCUT2D eigenvalue weighted by Gasteiger charge is -2.45. The van der Waals surface area contributed by atoms with Gasteiger partial charge < -0.3 is 14.4 Å². The van der Waals surface area contributed by atoms with Gasteiger partial charge in [-0.15, -0.1) is 0 Å². The molecule has 1 heterocycles. The summed E-state index contributed by atoms with van der Waals surface area (Å²) in [6.07, 6.45) is 7.83. The molecular formula is C15H29NO2. The van der Waals surface area contributed by atoms with E-state index in [1.165, 1.54) is 0 Å². The zero-order valence-corrected chi connectivity index (χ0v) is 12.4. The highest BCUT2D eigenvalue weighted by atomic mass is 16.5. The summed E-state index contributed by atoms with van der Waals surface area (Å²) >= 11 is 0. The van der Waals surface area contributed by atoms with Crippen LogP contribution in [-0.4, -0.2) is 51.0 Å². The fourth-order valence-corrected chi connectivity index (χ4v) is 3.02. The molecule has 1 aliphatic heterocycles. The number of nitrogens with zero attached hydrogens (tertiary/aromatic N) is 1. The van der Waals surface area contributed by atoms with E-state index in [1.54, 1.807) is 0 Å². The second kappa shape index (κ2) is 7.93. The molecule has 0 radical (unpaired) electrons. The summed E-state index contributed by atoms with van der Waals surface area (Å²) in [5.74, 6) is 0.558. The highest BCUT2D eigenvalue weighted by Crippen LogP contribution is 2.34. The van der Waals surface area contributed by atoms with Crippen molar-refractivity contribution in [2.75, 3.05) is 40.5 Å². The molecule has 0 bridgehead atoms. The van der Waals surface area contributed by atoms with Gasteiger partial charge in [0, 0.05) is 18.8 Å². The summed E-state index contributed by atoms with van der Waals surface area (Å²) in [6, 6.07) is 0. The van der Waals surface area contributed by atoms with Crippen LogP contribution >= 0.6 is 0 Å². The van der Waals surface area contributed by atoms with Gasteiger partial charge >= 0.3 is 0 Å². The van der Waals surface area contributed by atoms with Gasteiger partial charge in [0.05, 0.1) is 13.2 Å². The molecule has 0 aromatic rings. The molecule has 1 rings (SSSR count).